The highest BCUT2D eigenvalue weighted by molar-refractivity contribution is 7.89. The van der Waals surface area contributed by atoms with Crippen LogP contribution in [0.1, 0.15) is 38.2 Å². The molecule has 4 rings (SSSR count). The van der Waals surface area contributed by atoms with Gasteiger partial charge in [0.2, 0.25) is 10.0 Å². The van der Waals surface area contributed by atoms with Crippen LogP contribution in [0.15, 0.2) is 54.6 Å². The molecule has 144 valence electrons. The average molecular weight is 386 g/mol. The van der Waals surface area contributed by atoms with Crippen molar-refractivity contribution in [3.8, 4) is 0 Å². The second kappa shape index (κ2) is 7.17. The molecule has 3 atom stereocenters. The lowest BCUT2D eigenvalue weighted by Gasteiger charge is -2.40. The molecule has 0 aromatic heterocycles. The summed E-state index contributed by atoms with van der Waals surface area (Å²) < 4.78 is 23.9. The summed E-state index contributed by atoms with van der Waals surface area (Å²) in [5, 5.41) is 5.04. The summed E-state index contributed by atoms with van der Waals surface area (Å²) >= 11 is 0. The molecule has 27 heavy (non-hydrogen) atoms. The minimum atomic E-state index is -3.49. The molecule has 6 heteroatoms. The number of rotatable bonds is 4. The number of hydrogen-bond acceptors (Lipinski definition) is 4. The van der Waals surface area contributed by atoms with Gasteiger partial charge in [-0.25, -0.2) is 13.6 Å². The number of hydrogen-bond donors (Lipinski definition) is 1. The first-order valence-corrected chi connectivity index (χ1v) is 11.3. The van der Waals surface area contributed by atoms with Gasteiger partial charge in [-0.15, -0.1) is 0 Å². The van der Waals surface area contributed by atoms with Crippen LogP contribution in [0.4, 0.5) is 11.4 Å². The van der Waals surface area contributed by atoms with Gasteiger partial charge in [-0.2, -0.15) is 0 Å². The maximum atomic E-state index is 11.9. The number of sulfonamides is 1. The zero-order valence-corrected chi connectivity index (χ0v) is 16.5. The molecule has 2 N–H and O–H groups in total. The molecule has 3 unspecified atom stereocenters. The van der Waals surface area contributed by atoms with Gasteiger partial charge in [0, 0.05) is 12.6 Å². The first-order valence-electron chi connectivity index (χ1n) is 9.64. The molecule has 0 bridgehead atoms. The molecular weight excluding hydrogens is 358 g/mol. The van der Waals surface area contributed by atoms with E-state index < -0.39 is 15.3 Å². The predicted octanol–water partition coefficient (Wildman–Crippen LogP) is 3.46. The van der Waals surface area contributed by atoms with Crippen molar-refractivity contribution in [2.75, 3.05) is 9.80 Å². The quantitative estimate of drug-likeness (QED) is 0.875. The van der Waals surface area contributed by atoms with E-state index in [2.05, 4.69) is 65.3 Å². The van der Waals surface area contributed by atoms with E-state index in [1.54, 1.807) is 0 Å². The van der Waals surface area contributed by atoms with Crippen molar-refractivity contribution < 1.29 is 8.42 Å². The van der Waals surface area contributed by atoms with E-state index in [0.29, 0.717) is 12.8 Å². The lowest BCUT2D eigenvalue weighted by Crippen LogP contribution is -2.49. The molecule has 0 saturated heterocycles. The summed E-state index contributed by atoms with van der Waals surface area (Å²) in [6, 6.07) is 19.1. The van der Waals surface area contributed by atoms with Crippen LogP contribution >= 0.6 is 0 Å². The Hall–Kier alpha value is -2.05. The van der Waals surface area contributed by atoms with Crippen LogP contribution in [0, 0.1) is 0 Å². The maximum absolute atomic E-state index is 11.9. The Labute approximate surface area is 161 Å². The average Bonchev–Trinajstić information content (AvgIpc) is 2.94. The van der Waals surface area contributed by atoms with E-state index in [4.69, 9.17) is 5.14 Å². The third kappa shape index (κ3) is 3.56. The minimum absolute atomic E-state index is 0.173. The third-order valence-corrected chi connectivity index (χ3v) is 7.33. The zero-order valence-electron chi connectivity index (χ0n) is 15.7. The largest absolute Gasteiger partial charge is 0.347 e. The normalized spacial score (nSPS) is 25.5. The summed E-state index contributed by atoms with van der Waals surface area (Å²) in [6.45, 7) is 3.05. The number of nitrogens with two attached hydrogens (primary N) is 1. The van der Waals surface area contributed by atoms with Gasteiger partial charge in [0.1, 0.15) is 0 Å². The fourth-order valence-electron chi connectivity index (χ4n) is 4.65. The summed E-state index contributed by atoms with van der Waals surface area (Å²) in [5.41, 5.74) is 3.68. The Morgan fingerprint density at radius 2 is 1.67 bits per heavy atom. The SMILES string of the molecule is CC1N(Cc2ccccc2)c2ccccc2N1C1CCCC(S(N)(=O)=O)C1. The van der Waals surface area contributed by atoms with Crippen molar-refractivity contribution in [2.45, 2.75) is 56.6 Å². The molecule has 0 amide bonds. The number of para-hydroxylation sites is 2. The highest BCUT2D eigenvalue weighted by Crippen LogP contribution is 2.44. The van der Waals surface area contributed by atoms with Crippen LogP contribution in [-0.4, -0.2) is 25.9 Å². The number of fused-ring (bicyclic) bond motifs is 1. The fourth-order valence-corrected chi connectivity index (χ4v) is 5.63. The van der Waals surface area contributed by atoms with Crippen LogP contribution in [0.3, 0.4) is 0 Å². The predicted molar refractivity (Wildman–Crippen MR) is 110 cm³/mol. The summed E-state index contributed by atoms with van der Waals surface area (Å²) in [5.74, 6) is 0. The van der Waals surface area contributed by atoms with Gasteiger partial charge in [-0.1, -0.05) is 48.9 Å². The molecule has 1 aliphatic heterocycles. The maximum Gasteiger partial charge on any atom is 0.212 e. The van der Waals surface area contributed by atoms with Gasteiger partial charge in [-0.05, 0) is 43.9 Å². The van der Waals surface area contributed by atoms with Crippen molar-refractivity contribution in [2.24, 2.45) is 5.14 Å². The highest BCUT2D eigenvalue weighted by Gasteiger charge is 2.40. The summed E-state index contributed by atoms with van der Waals surface area (Å²) in [7, 11) is -3.49. The molecule has 0 spiro atoms. The van der Waals surface area contributed by atoms with Gasteiger partial charge < -0.3 is 9.80 Å². The van der Waals surface area contributed by atoms with Crippen molar-refractivity contribution in [3.05, 3.63) is 60.2 Å². The fraction of sp³-hybridized carbons (Fsp3) is 0.429. The summed E-state index contributed by atoms with van der Waals surface area (Å²) in [6.07, 6.45) is 3.36. The molecule has 5 nitrogen and oxygen atoms in total. The van der Waals surface area contributed by atoms with Crippen molar-refractivity contribution in [3.63, 3.8) is 0 Å². The molecule has 2 aromatic carbocycles. The zero-order chi connectivity index (χ0) is 19.0. The Morgan fingerprint density at radius 3 is 2.37 bits per heavy atom. The number of benzene rings is 2. The third-order valence-electron chi connectivity index (χ3n) is 5.98. The second-order valence-corrected chi connectivity index (χ2v) is 9.52. The Bertz CT molecular complexity index is 901. The van der Waals surface area contributed by atoms with Gasteiger partial charge in [0.25, 0.3) is 0 Å². The van der Waals surface area contributed by atoms with Gasteiger partial charge in [0.15, 0.2) is 0 Å². The van der Waals surface area contributed by atoms with Crippen LogP contribution in [0.5, 0.6) is 0 Å². The van der Waals surface area contributed by atoms with E-state index in [0.717, 1.165) is 19.4 Å². The van der Waals surface area contributed by atoms with Gasteiger partial charge >= 0.3 is 0 Å². The topological polar surface area (TPSA) is 66.6 Å². The first-order chi connectivity index (χ1) is 12.9. The van der Waals surface area contributed by atoms with Crippen molar-refractivity contribution in [1.29, 1.82) is 0 Å². The summed E-state index contributed by atoms with van der Waals surface area (Å²) in [4.78, 5) is 4.82. The van der Waals surface area contributed by atoms with E-state index in [1.165, 1.54) is 16.9 Å². The first kappa shape index (κ1) is 18.3. The van der Waals surface area contributed by atoms with E-state index in [-0.39, 0.29) is 12.2 Å². The molecule has 2 aliphatic rings. The molecule has 0 radical (unpaired) electrons. The minimum Gasteiger partial charge on any atom is -0.347 e. The standard InChI is InChI=1S/C21H27N3O2S/c1-16-23(15-17-8-3-2-4-9-17)20-12-5-6-13-21(20)24(16)18-10-7-11-19(14-18)27(22,25)26/h2-6,8-9,12-13,16,18-19H,7,10-11,14-15H2,1H3,(H2,22,25,26). The molecule has 1 saturated carbocycles. The number of nitrogens with zero attached hydrogens (tertiary/aromatic N) is 2. The molecule has 1 heterocycles. The lowest BCUT2D eigenvalue weighted by molar-refractivity contribution is 0.392. The monoisotopic (exact) mass is 385 g/mol. The van der Waals surface area contributed by atoms with E-state index in [1.807, 2.05) is 6.07 Å². The van der Waals surface area contributed by atoms with Crippen LogP contribution < -0.4 is 14.9 Å². The smallest absolute Gasteiger partial charge is 0.212 e. The Kier molecular flexibility index (Phi) is 4.86. The van der Waals surface area contributed by atoms with Crippen molar-refractivity contribution in [1.82, 2.24) is 0 Å². The van der Waals surface area contributed by atoms with Crippen LogP contribution in [0.25, 0.3) is 0 Å². The lowest BCUT2D eigenvalue weighted by atomic mass is 9.93. The molecular formula is C21H27N3O2S. The number of primary sulfonamides is 1. The van der Waals surface area contributed by atoms with E-state index >= 15 is 0 Å². The van der Waals surface area contributed by atoms with Crippen LogP contribution in [0.2, 0.25) is 0 Å². The molecule has 2 aromatic rings. The Balaban J connectivity index is 1.64. The highest BCUT2D eigenvalue weighted by atomic mass is 32.2. The van der Waals surface area contributed by atoms with E-state index in [9.17, 15) is 8.42 Å². The van der Waals surface area contributed by atoms with Gasteiger partial charge in [0.05, 0.1) is 22.8 Å². The number of anilines is 2. The van der Waals surface area contributed by atoms with Gasteiger partial charge in [-0.3, -0.25) is 0 Å². The van der Waals surface area contributed by atoms with Crippen LogP contribution in [-0.2, 0) is 16.6 Å². The van der Waals surface area contributed by atoms with Crippen molar-refractivity contribution >= 4 is 21.4 Å². The second-order valence-electron chi connectivity index (χ2n) is 7.67. The molecule has 1 aliphatic carbocycles. The Morgan fingerprint density at radius 1 is 1.00 bits per heavy atom. The molecule has 1 fully saturated rings.